The highest BCUT2D eigenvalue weighted by molar-refractivity contribution is 7.09. The van der Waals surface area contributed by atoms with Crippen molar-refractivity contribution in [2.45, 2.75) is 19.6 Å². The third-order valence-corrected chi connectivity index (χ3v) is 3.24. The van der Waals surface area contributed by atoms with Crippen LogP contribution in [0.2, 0.25) is 0 Å². The summed E-state index contributed by atoms with van der Waals surface area (Å²) in [5.41, 5.74) is -0.398. The van der Waals surface area contributed by atoms with Crippen LogP contribution in [0.1, 0.15) is 16.3 Å². The molecular formula is C12H10F4N2S. The van der Waals surface area contributed by atoms with Gasteiger partial charge < -0.3 is 5.32 Å². The first kappa shape index (κ1) is 13.8. The molecule has 2 nitrogen and oxygen atoms in total. The number of hydrogen-bond donors (Lipinski definition) is 1. The van der Waals surface area contributed by atoms with Crippen LogP contribution in [0.15, 0.2) is 23.6 Å². The van der Waals surface area contributed by atoms with Gasteiger partial charge in [0.1, 0.15) is 5.82 Å². The van der Waals surface area contributed by atoms with Gasteiger partial charge in [-0.25, -0.2) is 9.37 Å². The van der Waals surface area contributed by atoms with Gasteiger partial charge in [-0.15, -0.1) is 11.3 Å². The van der Waals surface area contributed by atoms with Gasteiger partial charge >= 0.3 is 6.18 Å². The van der Waals surface area contributed by atoms with Gasteiger partial charge in [-0.05, 0) is 25.1 Å². The molecule has 0 saturated carbocycles. The van der Waals surface area contributed by atoms with E-state index in [4.69, 9.17) is 0 Å². The predicted octanol–water partition coefficient (Wildman–Crippen LogP) is 4.22. The first-order chi connectivity index (χ1) is 8.86. The van der Waals surface area contributed by atoms with Gasteiger partial charge in [0.05, 0.1) is 28.5 Å². The largest absolute Gasteiger partial charge is 0.416 e. The summed E-state index contributed by atoms with van der Waals surface area (Å²) >= 11 is 1.43. The summed E-state index contributed by atoms with van der Waals surface area (Å²) in [6, 6.07) is 2.28. The molecule has 0 fully saturated rings. The average Bonchev–Trinajstić information content (AvgIpc) is 2.72. The van der Waals surface area contributed by atoms with E-state index in [0.29, 0.717) is 11.8 Å². The van der Waals surface area contributed by atoms with Crippen molar-refractivity contribution < 1.29 is 17.6 Å². The summed E-state index contributed by atoms with van der Waals surface area (Å²) in [5.74, 6) is -0.722. The maximum absolute atomic E-state index is 13.4. The molecule has 1 N–H and O–H groups in total. The van der Waals surface area contributed by atoms with Crippen LogP contribution in [0.3, 0.4) is 0 Å². The van der Waals surface area contributed by atoms with Crippen LogP contribution in [0.5, 0.6) is 0 Å². The third kappa shape index (κ3) is 3.44. The number of halogens is 4. The molecule has 2 aromatic rings. The van der Waals surface area contributed by atoms with Gasteiger partial charge in [0.2, 0.25) is 0 Å². The summed E-state index contributed by atoms with van der Waals surface area (Å²) in [4.78, 5) is 4.14. The minimum absolute atomic E-state index is 0.180. The van der Waals surface area contributed by atoms with E-state index >= 15 is 0 Å². The lowest BCUT2D eigenvalue weighted by atomic mass is 10.2. The van der Waals surface area contributed by atoms with Gasteiger partial charge in [-0.1, -0.05) is 0 Å². The van der Waals surface area contributed by atoms with Crippen LogP contribution >= 0.6 is 11.3 Å². The summed E-state index contributed by atoms with van der Waals surface area (Å²) in [7, 11) is 0. The second-order valence-electron chi connectivity index (χ2n) is 3.90. The van der Waals surface area contributed by atoms with Crippen molar-refractivity contribution in [1.29, 1.82) is 0 Å². The number of aryl methyl sites for hydroxylation is 1. The van der Waals surface area contributed by atoms with Crippen molar-refractivity contribution in [2.75, 3.05) is 5.32 Å². The molecule has 1 aromatic carbocycles. The van der Waals surface area contributed by atoms with E-state index in [1.807, 2.05) is 6.92 Å². The zero-order valence-electron chi connectivity index (χ0n) is 9.88. The Morgan fingerprint density at radius 2 is 2.05 bits per heavy atom. The van der Waals surface area contributed by atoms with Gasteiger partial charge in [0.25, 0.3) is 0 Å². The Bertz CT molecular complexity index is 577. The molecule has 0 spiro atoms. The first-order valence-corrected chi connectivity index (χ1v) is 6.26. The average molecular weight is 290 g/mol. The van der Waals surface area contributed by atoms with Crippen LogP contribution in [-0.4, -0.2) is 4.98 Å². The molecule has 0 radical (unpaired) electrons. The van der Waals surface area contributed by atoms with Crippen molar-refractivity contribution in [3.8, 4) is 0 Å². The van der Waals surface area contributed by atoms with E-state index in [9.17, 15) is 17.6 Å². The molecule has 0 atom stereocenters. The fraction of sp³-hybridized carbons (Fsp3) is 0.250. The van der Waals surface area contributed by atoms with E-state index in [0.717, 1.165) is 17.1 Å². The number of nitrogens with one attached hydrogen (secondary N) is 1. The highest BCUT2D eigenvalue weighted by atomic mass is 32.1. The summed E-state index contributed by atoms with van der Waals surface area (Å²) < 4.78 is 50.9. The summed E-state index contributed by atoms with van der Waals surface area (Å²) in [6.07, 6.45) is -4.48. The van der Waals surface area contributed by atoms with Gasteiger partial charge in [0.15, 0.2) is 0 Å². The molecule has 0 aliphatic heterocycles. The van der Waals surface area contributed by atoms with Gasteiger partial charge in [-0.2, -0.15) is 13.2 Å². The molecule has 0 saturated heterocycles. The third-order valence-electron chi connectivity index (χ3n) is 2.42. The van der Waals surface area contributed by atoms with Crippen LogP contribution in [-0.2, 0) is 12.7 Å². The number of nitrogens with zero attached hydrogens (tertiary/aromatic N) is 1. The van der Waals surface area contributed by atoms with Crippen molar-refractivity contribution in [2.24, 2.45) is 0 Å². The molecule has 0 bridgehead atoms. The van der Waals surface area contributed by atoms with Crippen molar-refractivity contribution >= 4 is 17.0 Å². The molecule has 0 unspecified atom stereocenters. The minimum Gasteiger partial charge on any atom is -0.377 e. The summed E-state index contributed by atoms with van der Waals surface area (Å²) in [6.45, 7) is 2.00. The van der Waals surface area contributed by atoms with Crippen LogP contribution < -0.4 is 5.32 Å². The van der Waals surface area contributed by atoms with E-state index in [-0.39, 0.29) is 12.2 Å². The molecule has 2 rings (SSSR count). The maximum Gasteiger partial charge on any atom is 0.416 e. The van der Waals surface area contributed by atoms with Gasteiger partial charge in [-0.3, -0.25) is 0 Å². The normalized spacial score (nSPS) is 11.6. The molecule has 0 aliphatic carbocycles. The fourth-order valence-electron chi connectivity index (χ4n) is 1.51. The van der Waals surface area contributed by atoms with Crippen molar-refractivity contribution in [3.05, 3.63) is 45.7 Å². The van der Waals surface area contributed by atoms with Crippen molar-refractivity contribution in [1.82, 2.24) is 4.98 Å². The van der Waals surface area contributed by atoms with E-state index in [1.165, 1.54) is 11.3 Å². The monoisotopic (exact) mass is 290 g/mol. The van der Waals surface area contributed by atoms with E-state index < -0.39 is 17.6 Å². The molecule has 19 heavy (non-hydrogen) atoms. The predicted molar refractivity (Wildman–Crippen MR) is 65.6 cm³/mol. The number of hydrogen-bond acceptors (Lipinski definition) is 3. The van der Waals surface area contributed by atoms with Crippen molar-refractivity contribution in [3.63, 3.8) is 0 Å². The van der Waals surface area contributed by atoms with Crippen LogP contribution in [0, 0.1) is 12.7 Å². The number of thiazole rings is 1. The molecule has 0 amide bonds. The highest BCUT2D eigenvalue weighted by Crippen LogP contribution is 2.31. The Balaban J connectivity index is 2.15. The van der Waals surface area contributed by atoms with Crippen LogP contribution in [0.25, 0.3) is 0 Å². The number of alkyl halides is 3. The Labute approximate surface area is 111 Å². The zero-order valence-corrected chi connectivity index (χ0v) is 10.7. The molecule has 1 heterocycles. The molecule has 1 aromatic heterocycles. The molecule has 7 heteroatoms. The Kier molecular flexibility index (Phi) is 3.75. The second kappa shape index (κ2) is 5.16. The lowest BCUT2D eigenvalue weighted by Crippen LogP contribution is -2.08. The smallest absolute Gasteiger partial charge is 0.377 e. The Morgan fingerprint density at radius 1 is 1.32 bits per heavy atom. The number of anilines is 1. The Morgan fingerprint density at radius 3 is 2.63 bits per heavy atom. The first-order valence-electron chi connectivity index (χ1n) is 5.38. The maximum atomic E-state index is 13.4. The zero-order chi connectivity index (χ0) is 14.0. The van der Waals surface area contributed by atoms with E-state index in [2.05, 4.69) is 10.3 Å². The van der Waals surface area contributed by atoms with Crippen LogP contribution in [0.4, 0.5) is 23.2 Å². The minimum atomic E-state index is -4.48. The highest BCUT2D eigenvalue weighted by Gasteiger charge is 2.31. The lowest BCUT2D eigenvalue weighted by Gasteiger charge is -2.11. The standard InChI is InChI=1S/C12H10F4N2S/c1-7-18-9(6-19-7)5-17-11-4-8(12(14,15)16)2-3-10(11)13/h2-4,6,17H,5H2,1H3. The van der Waals surface area contributed by atoms with Gasteiger partial charge in [0, 0.05) is 5.38 Å². The quantitative estimate of drug-likeness (QED) is 0.856. The lowest BCUT2D eigenvalue weighted by molar-refractivity contribution is -0.137. The SMILES string of the molecule is Cc1nc(CNc2cc(C(F)(F)F)ccc2F)cs1. The fourth-order valence-corrected chi connectivity index (χ4v) is 2.12. The second-order valence-corrected chi connectivity index (χ2v) is 4.97. The van der Waals surface area contributed by atoms with E-state index in [1.54, 1.807) is 5.38 Å². The number of benzene rings is 1. The topological polar surface area (TPSA) is 24.9 Å². The Hall–Kier alpha value is -1.63. The summed E-state index contributed by atoms with van der Waals surface area (Å²) in [5, 5.41) is 5.24. The number of rotatable bonds is 3. The molecular weight excluding hydrogens is 280 g/mol. The number of aromatic nitrogens is 1. The molecule has 102 valence electrons. The molecule has 0 aliphatic rings.